The third kappa shape index (κ3) is 3.21. The van der Waals surface area contributed by atoms with Crippen molar-refractivity contribution in [1.29, 1.82) is 0 Å². The molecule has 0 aliphatic heterocycles. The van der Waals surface area contributed by atoms with Crippen LogP contribution in [0.2, 0.25) is 0 Å². The van der Waals surface area contributed by atoms with Crippen LogP contribution < -0.4 is 10.2 Å². The van der Waals surface area contributed by atoms with Gasteiger partial charge in [-0.25, -0.2) is 0 Å². The molecule has 0 aromatic carbocycles. The Hall–Kier alpha value is -0.582. The molecule has 12 heavy (non-hydrogen) atoms. The minimum absolute atomic E-state index is 0. The molecule has 0 unspecified atom stereocenters. The Morgan fingerprint density at radius 3 is 2.42 bits per heavy atom. The summed E-state index contributed by atoms with van der Waals surface area (Å²) in [6, 6.07) is -0.817. The molecule has 0 amide bonds. The van der Waals surface area contributed by atoms with Gasteiger partial charge in [0.1, 0.15) is 0 Å². The van der Waals surface area contributed by atoms with Crippen LogP contribution in [0.3, 0.4) is 0 Å². The molecule has 1 heterocycles. The van der Waals surface area contributed by atoms with Gasteiger partial charge in [0.15, 0.2) is 0 Å². The molecule has 0 fully saturated rings. The Morgan fingerprint density at radius 2 is 2.00 bits per heavy atom. The van der Waals surface area contributed by atoms with E-state index >= 15 is 0 Å². The molecule has 7 heteroatoms. The maximum absolute atomic E-state index is 10.6. The summed E-state index contributed by atoms with van der Waals surface area (Å²) in [4.78, 5) is 6.15. The average molecular weight is 279 g/mol. The van der Waals surface area contributed by atoms with Crippen LogP contribution in [0, 0.1) is 0 Å². The molecule has 0 bridgehead atoms. The number of aromatic nitrogens is 2. The standard InChI is InChI=1S/C5H6N2O3.H2O.Sb/c8-2-3-1-6-5(10)7-4(3)9;;/h1,8H,2H2,(H2,6,7,9,10);1H2;/q;;+3/p-3. The van der Waals surface area contributed by atoms with Crippen molar-refractivity contribution < 1.29 is 20.8 Å². The number of aliphatic hydroxyl groups excluding tert-OH is 1. The van der Waals surface area contributed by atoms with Crippen LogP contribution in [-0.2, 0) is 6.61 Å². The van der Waals surface area contributed by atoms with Gasteiger partial charge in [0, 0.05) is 11.8 Å². The predicted octanol–water partition coefficient (Wildman–Crippen LogP) is -2.44. The summed E-state index contributed by atoms with van der Waals surface area (Å²) in [5.74, 6) is -0.706. The van der Waals surface area contributed by atoms with E-state index in [1.54, 1.807) is 0 Å². The van der Waals surface area contributed by atoms with Crippen molar-refractivity contribution in [2.75, 3.05) is 0 Å². The fraction of sp³-hybridized carbons (Fsp3) is 0.200. The summed E-state index contributed by atoms with van der Waals surface area (Å²) in [5, 5.41) is 29.2. The Kier molecular flexibility index (Phi) is 6.98. The smallest absolute Gasteiger partial charge is 0.870 e. The molecule has 6 nitrogen and oxygen atoms in total. The second kappa shape index (κ2) is 5.99. The quantitative estimate of drug-likeness (QED) is 0.570. The van der Waals surface area contributed by atoms with Gasteiger partial charge >= 0.3 is 24.4 Å². The molecular weight excluding hydrogens is 274 g/mol. The van der Waals surface area contributed by atoms with Crippen molar-refractivity contribution in [3.05, 3.63) is 11.8 Å². The second-order valence-electron chi connectivity index (χ2n) is 1.64. The first-order valence-corrected chi connectivity index (χ1v) is 2.55. The molecule has 1 aromatic heterocycles. The SMILES string of the molecule is [O-]c1ncc(CO)c([O-])n1.[OH-].[Sb+3]. The third-order valence-electron chi connectivity index (χ3n) is 0.973. The fourth-order valence-corrected chi connectivity index (χ4v) is 0.484. The van der Waals surface area contributed by atoms with Gasteiger partial charge in [0.2, 0.25) is 0 Å². The van der Waals surface area contributed by atoms with E-state index < -0.39 is 18.5 Å². The summed E-state index contributed by atoms with van der Waals surface area (Å²) >= 11 is 0. The van der Waals surface area contributed by atoms with E-state index in [1.807, 2.05) is 0 Å². The molecule has 1 rings (SSSR count). The van der Waals surface area contributed by atoms with Gasteiger partial charge in [-0.1, -0.05) is 0 Å². The summed E-state index contributed by atoms with van der Waals surface area (Å²) in [6.45, 7) is -0.431. The zero-order valence-corrected chi connectivity index (χ0v) is 8.39. The molecule has 0 atom stereocenters. The van der Waals surface area contributed by atoms with Crippen LogP contribution in [0.25, 0.3) is 0 Å². The van der Waals surface area contributed by atoms with Gasteiger partial charge in [-0.15, -0.1) is 0 Å². The normalized spacial score (nSPS) is 8.08. The van der Waals surface area contributed by atoms with Crippen molar-refractivity contribution >= 4 is 24.4 Å². The maximum Gasteiger partial charge on any atom is 3.00 e. The molecule has 0 saturated carbocycles. The Balaban J connectivity index is 0. The van der Waals surface area contributed by atoms with E-state index in [-0.39, 0.29) is 35.5 Å². The molecule has 0 saturated heterocycles. The number of rotatable bonds is 1. The van der Waals surface area contributed by atoms with Gasteiger partial charge in [0.05, 0.1) is 12.6 Å². The van der Waals surface area contributed by atoms with E-state index in [9.17, 15) is 10.2 Å². The van der Waals surface area contributed by atoms with Crippen molar-refractivity contribution in [2.45, 2.75) is 6.61 Å². The topological polar surface area (TPSA) is 122 Å². The largest absolute Gasteiger partial charge is 3.00 e. The van der Waals surface area contributed by atoms with Crippen LogP contribution in [0.4, 0.5) is 0 Å². The van der Waals surface area contributed by atoms with E-state index in [0.717, 1.165) is 6.20 Å². The van der Waals surface area contributed by atoms with Crippen LogP contribution in [0.15, 0.2) is 6.20 Å². The first-order chi connectivity index (χ1) is 4.74. The van der Waals surface area contributed by atoms with E-state index in [2.05, 4.69) is 9.97 Å². The summed E-state index contributed by atoms with van der Waals surface area (Å²) in [6.07, 6.45) is 1.03. The average Bonchev–Trinajstić information content (AvgIpc) is 1.88. The minimum Gasteiger partial charge on any atom is -0.870 e. The number of hydrogen-bond donors (Lipinski definition) is 1. The van der Waals surface area contributed by atoms with Gasteiger partial charge in [-0.3, -0.25) is 9.97 Å². The Labute approximate surface area is 85.7 Å². The minimum atomic E-state index is -0.817. The van der Waals surface area contributed by atoms with Gasteiger partial charge in [-0.2, -0.15) is 0 Å². The second-order valence-corrected chi connectivity index (χ2v) is 1.64. The van der Waals surface area contributed by atoms with Gasteiger partial charge in [0.25, 0.3) is 0 Å². The number of nitrogens with zero attached hydrogens (tertiary/aromatic N) is 2. The van der Waals surface area contributed by atoms with E-state index in [0.29, 0.717) is 0 Å². The molecule has 1 aromatic rings. The molecule has 2 radical (unpaired) electrons. The third-order valence-corrected chi connectivity index (χ3v) is 0.973. The summed E-state index contributed by atoms with van der Waals surface area (Å²) < 4.78 is 0. The van der Waals surface area contributed by atoms with Crippen molar-refractivity contribution in [1.82, 2.24) is 9.97 Å². The monoisotopic (exact) mass is 278 g/mol. The first-order valence-electron chi connectivity index (χ1n) is 2.55. The molecule has 64 valence electrons. The number of aliphatic hydroxyl groups is 1. The molecular formula is C5H5N2O4Sb. The van der Waals surface area contributed by atoms with Crippen molar-refractivity contribution in [3.8, 4) is 11.9 Å². The van der Waals surface area contributed by atoms with E-state index in [1.165, 1.54) is 0 Å². The maximum atomic E-state index is 10.6. The summed E-state index contributed by atoms with van der Waals surface area (Å²) in [5.41, 5.74) is 0.0413. The van der Waals surface area contributed by atoms with E-state index in [4.69, 9.17) is 5.11 Å². The number of hydrogen-bond acceptors (Lipinski definition) is 6. The Bertz CT molecular complexity index is 245. The van der Waals surface area contributed by atoms with Gasteiger partial charge in [-0.05, 0) is 5.88 Å². The van der Waals surface area contributed by atoms with Crippen LogP contribution in [0.5, 0.6) is 11.9 Å². The molecule has 0 aliphatic rings. The molecule has 0 spiro atoms. The zero-order chi connectivity index (χ0) is 7.56. The predicted molar refractivity (Wildman–Crippen MR) is 34.5 cm³/mol. The first kappa shape index (κ1) is 14.0. The van der Waals surface area contributed by atoms with Crippen LogP contribution in [-0.4, -0.2) is 45.0 Å². The molecule has 2 N–H and O–H groups in total. The Morgan fingerprint density at radius 1 is 1.42 bits per heavy atom. The zero-order valence-electron chi connectivity index (χ0n) is 5.84. The van der Waals surface area contributed by atoms with Crippen molar-refractivity contribution in [2.24, 2.45) is 0 Å². The fourth-order valence-electron chi connectivity index (χ4n) is 0.484. The van der Waals surface area contributed by atoms with Crippen molar-refractivity contribution in [3.63, 3.8) is 0 Å². The summed E-state index contributed by atoms with van der Waals surface area (Å²) in [7, 11) is 0. The van der Waals surface area contributed by atoms with Gasteiger partial charge < -0.3 is 20.8 Å². The van der Waals surface area contributed by atoms with Crippen LogP contribution >= 0.6 is 0 Å². The van der Waals surface area contributed by atoms with Crippen LogP contribution in [0.1, 0.15) is 5.56 Å². The molecule has 0 aliphatic carbocycles.